The highest BCUT2D eigenvalue weighted by atomic mass is 19.1. The van der Waals surface area contributed by atoms with Crippen LogP contribution in [0.4, 0.5) is 4.39 Å². The van der Waals surface area contributed by atoms with Gasteiger partial charge in [-0.2, -0.15) is 0 Å². The number of fused-ring (bicyclic) bond motifs is 1. The van der Waals surface area contributed by atoms with Crippen LogP contribution < -0.4 is 5.32 Å². The minimum absolute atomic E-state index is 0.0257. The average Bonchev–Trinajstić information content (AvgIpc) is 2.74. The number of piperidine rings is 1. The number of carbonyl (C=O) groups excluding carboxylic acids is 1. The van der Waals surface area contributed by atoms with E-state index in [4.69, 9.17) is 0 Å². The molecule has 0 spiro atoms. The number of carbonyl (C=O) groups is 1. The van der Waals surface area contributed by atoms with Crippen molar-refractivity contribution in [3.8, 4) is 0 Å². The molecule has 0 radical (unpaired) electrons. The molecular weight excluding hydrogens is 367 g/mol. The first-order valence-corrected chi connectivity index (χ1v) is 10.6. The van der Waals surface area contributed by atoms with Crippen LogP contribution in [0.25, 0.3) is 0 Å². The molecule has 0 unspecified atom stereocenters. The summed E-state index contributed by atoms with van der Waals surface area (Å²) in [6.45, 7) is 1.44. The van der Waals surface area contributed by atoms with E-state index in [-0.39, 0.29) is 30.2 Å². The zero-order valence-corrected chi connectivity index (χ0v) is 16.7. The van der Waals surface area contributed by atoms with Crippen LogP contribution in [-0.4, -0.2) is 34.6 Å². The Morgan fingerprint density at radius 3 is 2.62 bits per heavy atom. The molecule has 2 aliphatic rings. The fourth-order valence-electron chi connectivity index (χ4n) is 5.06. The highest BCUT2D eigenvalue weighted by Crippen LogP contribution is 2.49. The number of likely N-dealkylation sites (tertiary alicyclic amines) is 1. The molecule has 0 bridgehead atoms. The van der Waals surface area contributed by atoms with Crippen LogP contribution in [0.5, 0.6) is 0 Å². The summed E-state index contributed by atoms with van der Waals surface area (Å²) >= 11 is 0. The van der Waals surface area contributed by atoms with Gasteiger partial charge in [-0.3, -0.25) is 9.69 Å². The summed E-state index contributed by atoms with van der Waals surface area (Å²) in [6.07, 6.45) is 4.55. The van der Waals surface area contributed by atoms with Gasteiger partial charge >= 0.3 is 0 Å². The van der Waals surface area contributed by atoms with Crippen LogP contribution in [-0.2, 0) is 11.3 Å². The van der Waals surface area contributed by atoms with E-state index in [1.807, 2.05) is 30.3 Å². The quantitative estimate of drug-likeness (QED) is 0.808. The summed E-state index contributed by atoms with van der Waals surface area (Å²) in [7, 11) is 0. The third-order valence-corrected chi connectivity index (χ3v) is 6.56. The number of hydrogen-bond donors (Lipinski definition) is 2. The summed E-state index contributed by atoms with van der Waals surface area (Å²) in [6, 6.07) is 16.3. The Labute approximate surface area is 171 Å². The Bertz CT molecular complexity index is 827. The van der Waals surface area contributed by atoms with Crippen molar-refractivity contribution in [1.82, 2.24) is 10.2 Å². The maximum Gasteiger partial charge on any atom is 0.234 e. The largest absolute Gasteiger partial charge is 0.389 e. The van der Waals surface area contributed by atoms with Crippen molar-refractivity contribution in [1.29, 1.82) is 0 Å². The zero-order chi connectivity index (χ0) is 20.3. The molecule has 2 N–H and O–H groups in total. The highest BCUT2D eigenvalue weighted by Gasteiger charge is 2.49. The van der Waals surface area contributed by atoms with E-state index in [0.29, 0.717) is 19.5 Å². The summed E-state index contributed by atoms with van der Waals surface area (Å²) < 4.78 is 13.5. The first-order chi connectivity index (χ1) is 14.0. The van der Waals surface area contributed by atoms with E-state index in [9.17, 15) is 14.3 Å². The maximum absolute atomic E-state index is 13.5. The molecule has 2 aromatic carbocycles. The Kier molecular flexibility index (Phi) is 5.97. The zero-order valence-electron chi connectivity index (χ0n) is 16.7. The number of nitrogens with zero attached hydrogens (tertiary/aromatic N) is 1. The van der Waals surface area contributed by atoms with Crippen LogP contribution >= 0.6 is 0 Å². The van der Waals surface area contributed by atoms with Crippen molar-refractivity contribution in [3.05, 3.63) is 71.5 Å². The van der Waals surface area contributed by atoms with Crippen molar-refractivity contribution in [2.45, 2.75) is 50.3 Å². The number of nitrogens with one attached hydrogen (secondary N) is 1. The fraction of sp³-hybridized carbons (Fsp3) is 0.458. The predicted molar refractivity (Wildman–Crippen MR) is 111 cm³/mol. The third kappa shape index (κ3) is 4.51. The Hall–Kier alpha value is -2.24. The van der Waals surface area contributed by atoms with Crippen molar-refractivity contribution in [2.24, 2.45) is 5.92 Å². The van der Waals surface area contributed by atoms with Crippen LogP contribution in [0.1, 0.15) is 49.3 Å². The summed E-state index contributed by atoms with van der Waals surface area (Å²) in [5.74, 6) is -0.227. The van der Waals surface area contributed by atoms with Gasteiger partial charge < -0.3 is 10.4 Å². The molecule has 4 rings (SSSR count). The average molecular weight is 397 g/mol. The molecule has 1 aliphatic heterocycles. The second-order valence-electron chi connectivity index (χ2n) is 8.44. The number of halogens is 1. The number of amides is 1. The lowest BCUT2D eigenvalue weighted by Gasteiger charge is -2.52. The first kappa shape index (κ1) is 20.0. The van der Waals surface area contributed by atoms with Gasteiger partial charge in [0.1, 0.15) is 5.82 Å². The molecule has 3 atom stereocenters. The van der Waals surface area contributed by atoms with Gasteiger partial charge in [0.25, 0.3) is 0 Å². The van der Waals surface area contributed by atoms with Crippen molar-refractivity contribution in [3.63, 3.8) is 0 Å². The molecule has 4 nitrogen and oxygen atoms in total. The summed E-state index contributed by atoms with van der Waals surface area (Å²) in [4.78, 5) is 14.8. The van der Waals surface area contributed by atoms with Gasteiger partial charge in [-0.15, -0.1) is 0 Å². The van der Waals surface area contributed by atoms with E-state index in [1.165, 1.54) is 12.1 Å². The Balaban J connectivity index is 1.51. The molecule has 154 valence electrons. The van der Waals surface area contributed by atoms with Crippen LogP contribution in [0, 0.1) is 11.7 Å². The molecule has 29 heavy (non-hydrogen) atoms. The molecule has 5 heteroatoms. The van der Waals surface area contributed by atoms with Gasteiger partial charge in [0.2, 0.25) is 5.91 Å². The van der Waals surface area contributed by atoms with Gasteiger partial charge in [0, 0.05) is 25.0 Å². The number of benzene rings is 2. The van der Waals surface area contributed by atoms with Gasteiger partial charge in [0.05, 0.1) is 12.1 Å². The molecule has 1 amide bonds. The van der Waals surface area contributed by atoms with Gasteiger partial charge in [0.15, 0.2) is 0 Å². The summed E-state index contributed by atoms with van der Waals surface area (Å²) in [5, 5.41) is 14.3. The summed E-state index contributed by atoms with van der Waals surface area (Å²) in [5.41, 5.74) is 1.36. The molecule has 2 aromatic rings. The highest BCUT2D eigenvalue weighted by molar-refractivity contribution is 5.78. The van der Waals surface area contributed by atoms with E-state index in [0.717, 1.165) is 36.8 Å². The smallest absolute Gasteiger partial charge is 0.234 e. The molecule has 1 aliphatic carbocycles. The third-order valence-electron chi connectivity index (χ3n) is 6.56. The lowest BCUT2D eigenvalue weighted by Crippen LogP contribution is -2.56. The normalized spacial score (nSPS) is 27.2. The minimum atomic E-state index is -0.686. The molecule has 1 heterocycles. The fourth-order valence-corrected chi connectivity index (χ4v) is 5.06. The molecular formula is C24H29FN2O2. The monoisotopic (exact) mass is 396 g/mol. The van der Waals surface area contributed by atoms with Gasteiger partial charge in [-0.1, -0.05) is 55.3 Å². The Morgan fingerprint density at radius 1 is 1.10 bits per heavy atom. The number of hydrogen-bond acceptors (Lipinski definition) is 3. The number of aliphatic hydroxyl groups is 1. The van der Waals surface area contributed by atoms with E-state index < -0.39 is 5.60 Å². The lowest BCUT2D eigenvalue weighted by atomic mass is 9.66. The SMILES string of the molecule is O=C(CN1CC[C@@]2(O)CCCC[C@@H]2[C@@H]1c1ccc(F)cc1)NCc1ccccc1. The predicted octanol–water partition coefficient (Wildman–Crippen LogP) is 3.81. The second kappa shape index (κ2) is 8.64. The van der Waals surface area contributed by atoms with Crippen molar-refractivity contribution < 1.29 is 14.3 Å². The minimum Gasteiger partial charge on any atom is -0.389 e. The lowest BCUT2D eigenvalue weighted by molar-refractivity contribution is -0.138. The van der Waals surface area contributed by atoms with Gasteiger partial charge in [-0.25, -0.2) is 4.39 Å². The van der Waals surface area contributed by atoms with E-state index in [1.54, 1.807) is 12.1 Å². The maximum atomic E-state index is 13.5. The topological polar surface area (TPSA) is 52.6 Å². The standard InChI is InChI=1S/C24H29FN2O2/c25-20-11-9-19(10-12-20)23-21-8-4-5-13-24(21,29)14-15-27(23)17-22(28)26-16-18-6-2-1-3-7-18/h1-3,6-7,9-12,21,23,29H,4-5,8,13-17H2,(H,26,28)/t21-,23+,24+/m1/s1. The molecule has 1 saturated heterocycles. The molecule has 2 fully saturated rings. The second-order valence-corrected chi connectivity index (χ2v) is 8.44. The molecule has 0 aromatic heterocycles. The van der Waals surface area contributed by atoms with Crippen molar-refractivity contribution >= 4 is 5.91 Å². The van der Waals surface area contributed by atoms with Gasteiger partial charge in [-0.05, 0) is 42.5 Å². The first-order valence-electron chi connectivity index (χ1n) is 10.6. The van der Waals surface area contributed by atoms with Crippen LogP contribution in [0.3, 0.4) is 0 Å². The Morgan fingerprint density at radius 2 is 1.86 bits per heavy atom. The number of rotatable bonds is 5. The van der Waals surface area contributed by atoms with Crippen molar-refractivity contribution in [2.75, 3.05) is 13.1 Å². The van der Waals surface area contributed by atoms with E-state index >= 15 is 0 Å². The van der Waals surface area contributed by atoms with Crippen LogP contribution in [0.15, 0.2) is 54.6 Å². The van der Waals surface area contributed by atoms with Crippen LogP contribution in [0.2, 0.25) is 0 Å². The molecule has 1 saturated carbocycles. The van der Waals surface area contributed by atoms with E-state index in [2.05, 4.69) is 10.2 Å².